The summed E-state index contributed by atoms with van der Waals surface area (Å²) < 4.78 is 134. The van der Waals surface area contributed by atoms with E-state index in [2.05, 4.69) is 4.74 Å². The summed E-state index contributed by atoms with van der Waals surface area (Å²) in [6.45, 7) is -0.0859. The molecule has 0 heterocycles. The summed E-state index contributed by atoms with van der Waals surface area (Å²) in [6, 6.07) is 0. The molecule has 0 aromatic heterocycles. The van der Waals surface area contributed by atoms with Gasteiger partial charge in [-0.2, -0.15) is 35.1 Å². The normalized spacial score (nSPS) is 15.5. The van der Waals surface area contributed by atoms with Crippen LogP contribution >= 0.6 is 0 Å². The lowest BCUT2D eigenvalue weighted by atomic mass is 10.1. The Labute approximate surface area is 107 Å². The molecule has 0 N–H and O–H groups in total. The first-order valence-corrected chi connectivity index (χ1v) is 6.07. The maximum Gasteiger partial charge on any atom is 0.426 e. The molecule has 0 aliphatic rings. The van der Waals surface area contributed by atoms with Crippen LogP contribution in [0.3, 0.4) is 0 Å². The minimum absolute atomic E-state index is 0.354. The van der Waals surface area contributed by atoms with Crippen LogP contribution in [0.2, 0.25) is 0 Å². The first-order valence-electron chi connectivity index (χ1n) is 4.67. The standard InChI is InChI=1S/C7H8F8O4S/c1-2-3-19-6(12,13)4(8,9)5(10,11)7(14,15)20(16,17)18/h2-3H2,1H3,(H,16,17,18)/p-1. The van der Waals surface area contributed by atoms with Gasteiger partial charge in [0.1, 0.15) is 0 Å². The van der Waals surface area contributed by atoms with Crippen molar-refractivity contribution in [1.29, 1.82) is 0 Å². The van der Waals surface area contributed by atoms with Gasteiger partial charge in [-0.1, -0.05) is 6.92 Å². The zero-order valence-corrected chi connectivity index (χ0v) is 10.3. The molecule has 0 amide bonds. The Balaban J connectivity index is 5.80. The first-order chi connectivity index (χ1) is 8.56. The van der Waals surface area contributed by atoms with Crippen molar-refractivity contribution in [1.82, 2.24) is 0 Å². The highest BCUT2D eigenvalue weighted by molar-refractivity contribution is 7.86. The zero-order valence-electron chi connectivity index (χ0n) is 9.48. The smallest absolute Gasteiger partial charge is 0.426 e. The van der Waals surface area contributed by atoms with Crippen LogP contribution in [0.1, 0.15) is 13.3 Å². The van der Waals surface area contributed by atoms with E-state index >= 15 is 0 Å². The molecule has 0 atom stereocenters. The number of rotatable bonds is 7. The van der Waals surface area contributed by atoms with Crippen LogP contribution in [0, 0.1) is 0 Å². The second-order valence-corrected chi connectivity index (χ2v) is 4.91. The van der Waals surface area contributed by atoms with Gasteiger partial charge in [-0.25, -0.2) is 8.42 Å². The number of halogens is 8. The second kappa shape index (κ2) is 5.26. The van der Waals surface area contributed by atoms with Crippen LogP contribution in [0.4, 0.5) is 35.1 Å². The first kappa shape index (κ1) is 19.3. The van der Waals surface area contributed by atoms with Crippen LogP contribution in [0.15, 0.2) is 0 Å². The van der Waals surface area contributed by atoms with Crippen molar-refractivity contribution in [3.8, 4) is 0 Å². The summed E-state index contributed by atoms with van der Waals surface area (Å²) >= 11 is 0. The van der Waals surface area contributed by atoms with Crippen molar-refractivity contribution in [2.45, 2.75) is 36.6 Å². The Hall–Kier alpha value is -0.690. The van der Waals surface area contributed by atoms with E-state index in [0.717, 1.165) is 6.92 Å². The lowest BCUT2D eigenvalue weighted by molar-refractivity contribution is -0.417. The fourth-order valence-electron chi connectivity index (χ4n) is 0.843. The largest absolute Gasteiger partial charge is 0.743 e. The van der Waals surface area contributed by atoms with Gasteiger partial charge in [-0.3, -0.25) is 0 Å². The molecule has 0 spiro atoms. The fraction of sp³-hybridized carbons (Fsp3) is 1.00. The monoisotopic (exact) mass is 339 g/mol. The van der Waals surface area contributed by atoms with Gasteiger partial charge in [-0.15, -0.1) is 0 Å². The molecular weight excluding hydrogens is 332 g/mol. The SMILES string of the molecule is CCCOC(F)(F)C(F)(F)C(F)(F)C(F)(F)S(=O)(=O)[O-]. The highest BCUT2D eigenvalue weighted by Crippen LogP contribution is 2.54. The van der Waals surface area contributed by atoms with Gasteiger partial charge in [0.25, 0.3) is 0 Å². The van der Waals surface area contributed by atoms with Crippen molar-refractivity contribution in [3.63, 3.8) is 0 Å². The molecule has 122 valence electrons. The fourth-order valence-corrected chi connectivity index (χ4v) is 1.29. The molecule has 0 saturated heterocycles. The molecular formula is C7H7F8O4S-. The van der Waals surface area contributed by atoms with Crippen LogP contribution < -0.4 is 0 Å². The minimum Gasteiger partial charge on any atom is -0.743 e. The molecule has 0 aliphatic heterocycles. The van der Waals surface area contributed by atoms with Gasteiger partial charge < -0.3 is 9.29 Å². The van der Waals surface area contributed by atoms with Crippen molar-refractivity contribution in [2.24, 2.45) is 0 Å². The number of alkyl halides is 8. The molecule has 13 heteroatoms. The van der Waals surface area contributed by atoms with E-state index in [-0.39, 0.29) is 6.42 Å². The molecule has 4 nitrogen and oxygen atoms in total. The molecule has 0 unspecified atom stereocenters. The van der Waals surface area contributed by atoms with Crippen LogP contribution in [0.5, 0.6) is 0 Å². The van der Waals surface area contributed by atoms with E-state index < -0.39 is 39.9 Å². The summed E-state index contributed by atoms with van der Waals surface area (Å²) in [5.74, 6) is -14.1. The molecule has 0 saturated carbocycles. The Morgan fingerprint density at radius 3 is 1.65 bits per heavy atom. The third-order valence-corrected chi connectivity index (χ3v) is 2.81. The Morgan fingerprint density at radius 1 is 0.950 bits per heavy atom. The third kappa shape index (κ3) is 2.83. The topological polar surface area (TPSA) is 66.4 Å². The Morgan fingerprint density at radius 2 is 1.35 bits per heavy atom. The van der Waals surface area contributed by atoms with Crippen molar-refractivity contribution in [3.05, 3.63) is 0 Å². The summed E-state index contributed by atoms with van der Waals surface area (Å²) in [4.78, 5) is 0. The number of hydrogen-bond donors (Lipinski definition) is 0. The summed E-state index contributed by atoms with van der Waals surface area (Å²) in [7, 11) is -7.33. The average Bonchev–Trinajstić information content (AvgIpc) is 2.24. The maximum atomic E-state index is 12.8. The van der Waals surface area contributed by atoms with E-state index in [9.17, 15) is 48.1 Å². The highest BCUT2D eigenvalue weighted by atomic mass is 32.2. The van der Waals surface area contributed by atoms with E-state index in [1.54, 1.807) is 0 Å². The van der Waals surface area contributed by atoms with Gasteiger partial charge >= 0.3 is 23.2 Å². The van der Waals surface area contributed by atoms with E-state index in [1.807, 2.05) is 0 Å². The van der Waals surface area contributed by atoms with Crippen LogP contribution in [-0.2, 0) is 14.9 Å². The van der Waals surface area contributed by atoms with E-state index in [0.29, 0.717) is 0 Å². The minimum atomic E-state index is -7.33. The molecule has 0 aromatic carbocycles. The maximum absolute atomic E-state index is 12.8. The lowest BCUT2D eigenvalue weighted by Crippen LogP contribution is -2.65. The molecule has 0 radical (unpaired) electrons. The predicted molar refractivity (Wildman–Crippen MR) is 45.7 cm³/mol. The third-order valence-electron chi connectivity index (χ3n) is 1.93. The van der Waals surface area contributed by atoms with Gasteiger partial charge in [0.05, 0.1) is 6.61 Å². The molecule has 20 heavy (non-hydrogen) atoms. The summed E-state index contributed by atoms with van der Waals surface area (Å²) in [5.41, 5.74) is 0. The Kier molecular flexibility index (Phi) is 5.07. The van der Waals surface area contributed by atoms with Gasteiger partial charge in [0, 0.05) is 0 Å². The highest BCUT2D eigenvalue weighted by Gasteiger charge is 2.83. The van der Waals surface area contributed by atoms with Crippen molar-refractivity contribution >= 4 is 10.1 Å². The summed E-state index contributed by atoms with van der Waals surface area (Å²) in [6.07, 6.45) is -6.46. The zero-order chi connectivity index (χ0) is 16.6. The lowest BCUT2D eigenvalue weighted by Gasteiger charge is -2.36. The summed E-state index contributed by atoms with van der Waals surface area (Å²) in [5, 5.41) is -6.96. The van der Waals surface area contributed by atoms with E-state index in [1.165, 1.54) is 0 Å². The second-order valence-electron chi connectivity index (χ2n) is 3.48. The number of hydrogen-bond acceptors (Lipinski definition) is 4. The predicted octanol–water partition coefficient (Wildman–Crippen LogP) is 2.41. The van der Waals surface area contributed by atoms with Crippen LogP contribution in [-0.4, -0.2) is 42.8 Å². The van der Waals surface area contributed by atoms with Gasteiger partial charge in [0.15, 0.2) is 10.1 Å². The Bertz CT molecular complexity index is 446. The van der Waals surface area contributed by atoms with Crippen LogP contribution in [0.25, 0.3) is 0 Å². The quantitative estimate of drug-likeness (QED) is 0.528. The molecule has 0 aromatic rings. The molecule has 0 fully saturated rings. The van der Waals surface area contributed by atoms with E-state index in [4.69, 9.17) is 0 Å². The molecule has 0 aliphatic carbocycles. The van der Waals surface area contributed by atoms with Gasteiger partial charge in [0.2, 0.25) is 0 Å². The molecule has 0 bridgehead atoms. The van der Waals surface area contributed by atoms with Gasteiger partial charge in [-0.05, 0) is 6.42 Å². The number of ether oxygens (including phenoxy) is 1. The molecule has 0 rings (SSSR count). The average molecular weight is 339 g/mol. The van der Waals surface area contributed by atoms with Crippen molar-refractivity contribution in [2.75, 3.05) is 6.61 Å². The van der Waals surface area contributed by atoms with Crippen molar-refractivity contribution < 1.29 is 52.8 Å².